The quantitative estimate of drug-likeness (QED) is 0.891. The molecule has 18 heavy (non-hydrogen) atoms. The number of anilines is 1. The molecule has 4 heteroatoms. The Hall–Kier alpha value is -1.74. The third kappa shape index (κ3) is 3.64. The lowest BCUT2D eigenvalue weighted by Crippen LogP contribution is -2.03. The Morgan fingerprint density at radius 3 is 2.67 bits per heavy atom. The number of pyridine rings is 1. The van der Waals surface area contributed by atoms with Crippen molar-refractivity contribution < 1.29 is 4.74 Å². The predicted octanol–water partition coefficient (Wildman–Crippen LogP) is 3.75. The molecule has 0 aliphatic rings. The van der Waals surface area contributed by atoms with Crippen molar-refractivity contribution in [3.05, 3.63) is 53.2 Å². The molecule has 0 fully saturated rings. The largest absolute Gasteiger partial charge is 0.487 e. The second-order valence-electron chi connectivity index (χ2n) is 3.79. The first-order valence-electron chi connectivity index (χ1n) is 5.86. The second kappa shape index (κ2) is 6.26. The predicted molar refractivity (Wildman–Crippen MR) is 74.2 cm³/mol. The van der Waals surface area contributed by atoms with Crippen LogP contribution in [-0.4, -0.2) is 11.5 Å². The van der Waals surface area contributed by atoms with Gasteiger partial charge in [-0.2, -0.15) is 0 Å². The highest BCUT2D eigenvalue weighted by molar-refractivity contribution is 6.30. The van der Waals surface area contributed by atoms with Gasteiger partial charge in [0.25, 0.3) is 0 Å². The van der Waals surface area contributed by atoms with E-state index in [1.165, 1.54) is 0 Å². The number of hydrogen-bond acceptors (Lipinski definition) is 3. The SMILES string of the molecule is CCNc1cccc(COc2ccc(Cl)cc2)n1. The van der Waals surface area contributed by atoms with E-state index in [4.69, 9.17) is 16.3 Å². The van der Waals surface area contributed by atoms with Gasteiger partial charge in [0.2, 0.25) is 0 Å². The molecule has 2 rings (SSSR count). The summed E-state index contributed by atoms with van der Waals surface area (Å²) in [5.74, 6) is 1.66. The van der Waals surface area contributed by atoms with Gasteiger partial charge in [-0.1, -0.05) is 17.7 Å². The summed E-state index contributed by atoms with van der Waals surface area (Å²) in [7, 11) is 0. The number of nitrogens with zero attached hydrogens (tertiary/aromatic N) is 1. The highest BCUT2D eigenvalue weighted by atomic mass is 35.5. The van der Waals surface area contributed by atoms with Crippen molar-refractivity contribution in [2.45, 2.75) is 13.5 Å². The molecule has 0 radical (unpaired) electrons. The van der Waals surface area contributed by atoms with E-state index < -0.39 is 0 Å². The number of benzene rings is 1. The monoisotopic (exact) mass is 262 g/mol. The molecule has 1 aromatic carbocycles. The fourth-order valence-electron chi connectivity index (χ4n) is 1.53. The van der Waals surface area contributed by atoms with Gasteiger partial charge in [-0.05, 0) is 43.3 Å². The van der Waals surface area contributed by atoms with Crippen LogP contribution in [0.25, 0.3) is 0 Å². The number of halogens is 1. The van der Waals surface area contributed by atoms with Crippen LogP contribution >= 0.6 is 11.6 Å². The number of hydrogen-bond donors (Lipinski definition) is 1. The van der Waals surface area contributed by atoms with Crippen molar-refractivity contribution in [2.75, 3.05) is 11.9 Å². The number of nitrogens with one attached hydrogen (secondary N) is 1. The Balaban J connectivity index is 1.97. The molecule has 0 atom stereocenters. The van der Waals surface area contributed by atoms with Crippen LogP contribution in [0, 0.1) is 0 Å². The van der Waals surface area contributed by atoms with Crippen LogP contribution in [0.15, 0.2) is 42.5 Å². The first-order chi connectivity index (χ1) is 8.78. The van der Waals surface area contributed by atoms with Crippen molar-refractivity contribution in [3.8, 4) is 5.75 Å². The highest BCUT2D eigenvalue weighted by Gasteiger charge is 1.99. The van der Waals surface area contributed by atoms with E-state index in [9.17, 15) is 0 Å². The van der Waals surface area contributed by atoms with E-state index in [1.54, 1.807) is 12.1 Å². The zero-order valence-corrected chi connectivity index (χ0v) is 10.9. The van der Waals surface area contributed by atoms with Gasteiger partial charge in [0.05, 0.1) is 5.69 Å². The number of rotatable bonds is 5. The Morgan fingerprint density at radius 2 is 1.94 bits per heavy atom. The molecule has 2 aromatic rings. The number of ether oxygens (including phenoxy) is 1. The van der Waals surface area contributed by atoms with Crippen molar-refractivity contribution in [1.82, 2.24) is 4.98 Å². The maximum absolute atomic E-state index is 5.81. The molecule has 0 bridgehead atoms. The molecule has 0 unspecified atom stereocenters. The Kier molecular flexibility index (Phi) is 4.42. The van der Waals surface area contributed by atoms with E-state index >= 15 is 0 Å². The Morgan fingerprint density at radius 1 is 1.17 bits per heavy atom. The molecule has 94 valence electrons. The summed E-state index contributed by atoms with van der Waals surface area (Å²) in [5, 5.41) is 3.87. The molecule has 0 saturated carbocycles. The second-order valence-corrected chi connectivity index (χ2v) is 4.22. The molecule has 1 aromatic heterocycles. The minimum absolute atomic E-state index is 0.445. The maximum Gasteiger partial charge on any atom is 0.130 e. The lowest BCUT2D eigenvalue weighted by atomic mass is 10.3. The Labute approximate surface area is 112 Å². The summed E-state index contributed by atoms with van der Waals surface area (Å²) in [6.45, 7) is 3.34. The van der Waals surface area contributed by atoms with Gasteiger partial charge in [-0.15, -0.1) is 0 Å². The zero-order valence-electron chi connectivity index (χ0n) is 10.2. The fourth-order valence-corrected chi connectivity index (χ4v) is 1.65. The normalized spacial score (nSPS) is 10.1. The molecule has 0 saturated heterocycles. The van der Waals surface area contributed by atoms with Crippen LogP contribution < -0.4 is 10.1 Å². The first-order valence-corrected chi connectivity index (χ1v) is 6.24. The molecule has 1 heterocycles. The summed E-state index contributed by atoms with van der Waals surface area (Å²) in [6.07, 6.45) is 0. The standard InChI is InChI=1S/C14H15ClN2O/c1-2-16-14-5-3-4-12(17-14)10-18-13-8-6-11(15)7-9-13/h3-9H,2,10H2,1H3,(H,16,17). The first kappa shape index (κ1) is 12.7. The van der Waals surface area contributed by atoms with Crippen molar-refractivity contribution in [2.24, 2.45) is 0 Å². The van der Waals surface area contributed by atoms with Crippen LogP contribution in [0.5, 0.6) is 5.75 Å². The van der Waals surface area contributed by atoms with E-state index in [2.05, 4.69) is 10.3 Å². The molecular formula is C14H15ClN2O. The van der Waals surface area contributed by atoms with Gasteiger partial charge in [0, 0.05) is 11.6 Å². The third-order valence-electron chi connectivity index (χ3n) is 2.37. The average molecular weight is 263 g/mol. The van der Waals surface area contributed by atoms with Crippen molar-refractivity contribution in [1.29, 1.82) is 0 Å². The molecule has 3 nitrogen and oxygen atoms in total. The smallest absolute Gasteiger partial charge is 0.130 e. The summed E-state index contributed by atoms with van der Waals surface area (Å²) in [5.41, 5.74) is 0.892. The maximum atomic E-state index is 5.81. The zero-order chi connectivity index (χ0) is 12.8. The summed E-state index contributed by atoms with van der Waals surface area (Å²) in [6, 6.07) is 13.1. The Bertz CT molecular complexity index is 499. The minimum atomic E-state index is 0.445. The van der Waals surface area contributed by atoms with Gasteiger partial charge in [0.1, 0.15) is 18.2 Å². The molecule has 0 aliphatic heterocycles. The summed E-state index contributed by atoms with van der Waals surface area (Å²) >= 11 is 5.81. The number of aromatic nitrogens is 1. The van der Waals surface area contributed by atoms with Gasteiger partial charge >= 0.3 is 0 Å². The fraction of sp³-hybridized carbons (Fsp3) is 0.214. The van der Waals surface area contributed by atoms with Crippen LogP contribution in [0.4, 0.5) is 5.82 Å². The third-order valence-corrected chi connectivity index (χ3v) is 2.62. The summed E-state index contributed by atoms with van der Waals surface area (Å²) in [4.78, 5) is 4.43. The van der Waals surface area contributed by atoms with Crippen LogP contribution in [0.1, 0.15) is 12.6 Å². The molecule has 0 amide bonds. The van der Waals surface area contributed by atoms with Gasteiger partial charge < -0.3 is 10.1 Å². The molecular weight excluding hydrogens is 248 g/mol. The van der Waals surface area contributed by atoms with E-state index in [0.717, 1.165) is 23.8 Å². The van der Waals surface area contributed by atoms with Crippen LogP contribution in [-0.2, 0) is 6.61 Å². The molecule has 0 spiro atoms. The average Bonchev–Trinajstić information content (AvgIpc) is 2.39. The van der Waals surface area contributed by atoms with Crippen molar-refractivity contribution in [3.63, 3.8) is 0 Å². The van der Waals surface area contributed by atoms with E-state index in [-0.39, 0.29) is 0 Å². The van der Waals surface area contributed by atoms with Gasteiger partial charge in [-0.3, -0.25) is 0 Å². The van der Waals surface area contributed by atoms with E-state index in [1.807, 2.05) is 37.3 Å². The lowest BCUT2D eigenvalue weighted by Gasteiger charge is -2.07. The van der Waals surface area contributed by atoms with Crippen LogP contribution in [0.3, 0.4) is 0 Å². The topological polar surface area (TPSA) is 34.1 Å². The van der Waals surface area contributed by atoms with Gasteiger partial charge in [-0.25, -0.2) is 4.98 Å². The summed E-state index contributed by atoms with van der Waals surface area (Å²) < 4.78 is 5.63. The van der Waals surface area contributed by atoms with Crippen LogP contribution in [0.2, 0.25) is 5.02 Å². The van der Waals surface area contributed by atoms with Gasteiger partial charge in [0.15, 0.2) is 0 Å². The minimum Gasteiger partial charge on any atom is -0.487 e. The molecule has 0 aliphatic carbocycles. The highest BCUT2D eigenvalue weighted by Crippen LogP contribution is 2.16. The van der Waals surface area contributed by atoms with Crippen molar-refractivity contribution >= 4 is 17.4 Å². The molecule has 1 N–H and O–H groups in total. The lowest BCUT2D eigenvalue weighted by molar-refractivity contribution is 0.301. The van der Waals surface area contributed by atoms with E-state index in [0.29, 0.717) is 11.6 Å².